The minimum Gasteiger partial charge on any atom is -0.443 e. The van der Waals surface area contributed by atoms with Crippen molar-refractivity contribution >= 4 is 40.1 Å². The van der Waals surface area contributed by atoms with Gasteiger partial charge in [0, 0.05) is 25.2 Å². The van der Waals surface area contributed by atoms with Crippen molar-refractivity contribution in [1.82, 2.24) is 19.4 Å². The fourth-order valence-corrected chi connectivity index (χ4v) is 5.16. The molecule has 0 aliphatic carbocycles. The van der Waals surface area contributed by atoms with E-state index >= 15 is 0 Å². The van der Waals surface area contributed by atoms with Crippen LogP contribution in [0.3, 0.4) is 0 Å². The van der Waals surface area contributed by atoms with Crippen LogP contribution in [0.2, 0.25) is 0 Å². The van der Waals surface area contributed by atoms with Crippen LogP contribution >= 0.6 is 11.3 Å². The van der Waals surface area contributed by atoms with Gasteiger partial charge in [0.1, 0.15) is 5.82 Å². The Morgan fingerprint density at radius 2 is 2.12 bits per heavy atom. The number of oxazole rings is 1. The molecular weight excluding hydrogens is 457 g/mol. The zero-order chi connectivity index (χ0) is 23.7. The summed E-state index contributed by atoms with van der Waals surface area (Å²) in [5, 5.41) is 2.92. The van der Waals surface area contributed by atoms with Gasteiger partial charge in [-0.1, -0.05) is 6.58 Å². The highest BCUT2D eigenvalue weighted by Crippen LogP contribution is 2.33. The Morgan fingerprint density at radius 3 is 2.91 bits per heavy atom. The van der Waals surface area contributed by atoms with Crippen LogP contribution in [0, 0.1) is 5.82 Å². The molecule has 4 aromatic rings. The highest BCUT2D eigenvalue weighted by molar-refractivity contribution is 7.17. The van der Waals surface area contributed by atoms with E-state index in [2.05, 4.69) is 21.9 Å². The molecule has 1 fully saturated rings. The van der Waals surface area contributed by atoms with Crippen molar-refractivity contribution in [2.45, 2.75) is 25.3 Å². The van der Waals surface area contributed by atoms with Gasteiger partial charge in [0.2, 0.25) is 11.9 Å². The summed E-state index contributed by atoms with van der Waals surface area (Å²) in [6, 6.07) is 7.93. The monoisotopic (exact) mass is 479 g/mol. The van der Waals surface area contributed by atoms with Gasteiger partial charge in [-0.05, 0) is 49.6 Å². The summed E-state index contributed by atoms with van der Waals surface area (Å²) in [5.41, 5.74) is 1.20. The van der Waals surface area contributed by atoms with Crippen molar-refractivity contribution < 1.29 is 18.4 Å². The Labute approximate surface area is 198 Å². The van der Waals surface area contributed by atoms with Gasteiger partial charge in [0.25, 0.3) is 5.91 Å². The molecule has 5 rings (SSSR count). The first-order chi connectivity index (χ1) is 16.5. The van der Waals surface area contributed by atoms with E-state index in [1.54, 1.807) is 29.3 Å². The van der Waals surface area contributed by atoms with Gasteiger partial charge >= 0.3 is 0 Å². The first-order valence-electron chi connectivity index (χ1n) is 10.9. The van der Waals surface area contributed by atoms with Crippen LogP contribution < -0.4 is 5.32 Å². The van der Waals surface area contributed by atoms with Crippen molar-refractivity contribution in [2.75, 3.05) is 18.4 Å². The number of fused-ring (bicyclic) bond motifs is 1. The average molecular weight is 480 g/mol. The second-order valence-electron chi connectivity index (χ2n) is 8.04. The Morgan fingerprint density at radius 1 is 1.24 bits per heavy atom. The summed E-state index contributed by atoms with van der Waals surface area (Å²) >= 11 is 1.28. The number of benzene rings is 1. The number of imidazole rings is 1. The molecule has 0 unspecified atom stereocenters. The molecule has 174 valence electrons. The molecule has 1 aliphatic rings. The summed E-state index contributed by atoms with van der Waals surface area (Å²) in [4.78, 5) is 36.7. The lowest BCUT2D eigenvalue weighted by Crippen LogP contribution is -2.30. The maximum Gasteiger partial charge on any atom is 0.268 e. The zero-order valence-corrected chi connectivity index (χ0v) is 19.1. The number of thiophene rings is 1. The minimum atomic E-state index is -0.395. The van der Waals surface area contributed by atoms with Crippen LogP contribution in [0.1, 0.15) is 35.0 Å². The Kier molecular flexibility index (Phi) is 5.97. The fourth-order valence-electron chi connectivity index (χ4n) is 4.31. The number of halogens is 1. The van der Waals surface area contributed by atoms with E-state index in [9.17, 15) is 14.0 Å². The summed E-state index contributed by atoms with van der Waals surface area (Å²) in [6.45, 7) is 4.79. The van der Waals surface area contributed by atoms with E-state index in [4.69, 9.17) is 4.42 Å². The number of carbonyl (C=O) groups excluding carboxylic acids is 2. The van der Waals surface area contributed by atoms with Gasteiger partial charge in [-0.2, -0.15) is 0 Å². The number of likely N-dealkylation sites (tertiary alicyclic amines) is 1. The molecule has 1 aliphatic heterocycles. The van der Waals surface area contributed by atoms with E-state index in [1.807, 2.05) is 4.57 Å². The van der Waals surface area contributed by atoms with Gasteiger partial charge in [0.15, 0.2) is 12.2 Å². The smallest absolute Gasteiger partial charge is 0.268 e. The van der Waals surface area contributed by atoms with Crippen LogP contribution in [-0.2, 0) is 4.79 Å². The Balaban J connectivity index is 1.45. The number of amides is 2. The number of aromatic nitrogens is 3. The van der Waals surface area contributed by atoms with Crippen molar-refractivity contribution in [3.8, 4) is 10.6 Å². The third-order valence-electron chi connectivity index (χ3n) is 5.93. The van der Waals surface area contributed by atoms with Gasteiger partial charge in [0.05, 0.1) is 27.0 Å². The molecule has 8 nitrogen and oxygen atoms in total. The van der Waals surface area contributed by atoms with Crippen molar-refractivity contribution in [1.29, 1.82) is 0 Å². The zero-order valence-electron chi connectivity index (χ0n) is 18.2. The van der Waals surface area contributed by atoms with Gasteiger partial charge in [-0.25, -0.2) is 14.4 Å². The van der Waals surface area contributed by atoms with Crippen molar-refractivity contribution in [3.05, 3.63) is 66.3 Å². The molecule has 0 spiro atoms. The molecule has 34 heavy (non-hydrogen) atoms. The topological polar surface area (TPSA) is 93.3 Å². The number of nitrogens with one attached hydrogen (secondary N) is 1. The number of anilines is 1. The molecule has 3 aromatic heterocycles. The minimum absolute atomic E-state index is 0.0125. The second kappa shape index (κ2) is 9.22. The highest BCUT2D eigenvalue weighted by atomic mass is 32.1. The molecule has 1 aromatic carbocycles. The van der Waals surface area contributed by atoms with E-state index < -0.39 is 5.82 Å². The molecule has 1 N–H and O–H groups in total. The predicted octanol–water partition coefficient (Wildman–Crippen LogP) is 4.88. The van der Waals surface area contributed by atoms with Crippen LogP contribution in [0.5, 0.6) is 0 Å². The summed E-state index contributed by atoms with van der Waals surface area (Å²) < 4.78 is 21.2. The Hall–Kier alpha value is -3.79. The van der Waals surface area contributed by atoms with Crippen LogP contribution in [0.25, 0.3) is 21.7 Å². The number of nitrogens with zero attached hydrogens (tertiary/aromatic N) is 4. The molecule has 1 atom stereocenters. The quantitative estimate of drug-likeness (QED) is 0.412. The average Bonchev–Trinajstić information content (AvgIpc) is 3.55. The van der Waals surface area contributed by atoms with E-state index in [-0.39, 0.29) is 17.9 Å². The molecule has 0 radical (unpaired) electrons. The molecule has 2 amide bonds. The van der Waals surface area contributed by atoms with E-state index in [1.165, 1.54) is 35.9 Å². The van der Waals surface area contributed by atoms with Crippen LogP contribution in [0.15, 0.2) is 60.0 Å². The lowest BCUT2D eigenvalue weighted by atomic mass is 10.1. The number of carbonyl (C=O) groups is 2. The highest BCUT2D eigenvalue weighted by Gasteiger charge is 2.25. The summed E-state index contributed by atoms with van der Waals surface area (Å²) in [5.74, 6) is 0.142. The third kappa shape index (κ3) is 4.24. The standard InChI is InChI=1S/C24H22FN5O3S/c1-2-22(31)29-10-3-4-16(9-11-29)30-18-6-5-15(25)12-17(18)27-24(30)28-23(32)21-8-7-20(34-21)19-13-26-14-33-19/h2,5-8,12-14,16H,1,3-4,9-11H2,(H,27,28,32)/t16-/m1/s1. The van der Waals surface area contributed by atoms with Gasteiger partial charge in [-0.3, -0.25) is 14.9 Å². The number of hydrogen-bond acceptors (Lipinski definition) is 6. The first kappa shape index (κ1) is 22.0. The van der Waals surface area contributed by atoms with E-state index in [0.29, 0.717) is 41.6 Å². The number of rotatable bonds is 5. The normalized spacial score (nSPS) is 16.4. The molecule has 0 bridgehead atoms. The number of hydrogen-bond donors (Lipinski definition) is 1. The second-order valence-corrected chi connectivity index (χ2v) is 9.12. The third-order valence-corrected chi connectivity index (χ3v) is 7.03. The summed E-state index contributed by atoms with van der Waals surface area (Å²) in [7, 11) is 0. The molecule has 4 heterocycles. The SMILES string of the molecule is C=CC(=O)N1CCC[C@@H](n2c(NC(=O)c3ccc(-c4cnco4)s3)nc3cc(F)ccc32)CC1. The van der Waals surface area contributed by atoms with Crippen molar-refractivity contribution in [3.63, 3.8) is 0 Å². The van der Waals surface area contributed by atoms with Crippen LogP contribution in [0.4, 0.5) is 10.3 Å². The molecule has 10 heteroatoms. The molecule has 0 saturated carbocycles. The maximum atomic E-state index is 13.9. The van der Waals surface area contributed by atoms with Crippen molar-refractivity contribution in [2.24, 2.45) is 0 Å². The summed E-state index contributed by atoms with van der Waals surface area (Å²) in [6.07, 6.45) is 6.53. The lowest BCUT2D eigenvalue weighted by molar-refractivity contribution is -0.125. The first-order valence-corrected chi connectivity index (χ1v) is 11.7. The predicted molar refractivity (Wildman–Crippen MR) is 127 cm³/mol. The molecular formula is C24H22FN5O3S. The van der Waals surface area contributed by atoms with Crippen LogP contribution in [-0.4, -0.2) is 44.3 Å². The van der Waals surface area contributed by atoms with Gasteiger partial charge in [-0.15, -0.1) is 11.3 Å². The molecule has 1 saturated heterocycles. The van der Waals surface area contributed by atoms with Gasteiger partial charge < -0.3 is 13.9 Å². The lowest BCUT2D eigenvalue weighted by Gasteiger charge is -2.21. The largest absolute Gasteiger partial charge is 0.443 e. The fraction of sp³-hybridized carbons (Fsp3) is 0.250. The Bertz CT molecular complexity index is 1360. The van der Waals surface area contributed by atoms with E-state index in [0.717, 1.165) is 23.2 Å². The maximum absolute atomic E-state index is 13.9.